The van der Waals surface area contributed by atoms with Crippen LogP contribution in [0.2, 0.25) is 0 Å². The Morgan fingerprint density at radius 1 is 1.60 bits per heavy atom. The summed E-state index contributed by atoms with van der Waals surface area (Å²) in [5.74, 6) is 0. The molecule has 0 spiro atoms. The topological polar surface area (TPSA) is 33.0 Å². The molecule has 3 aliphatic rings. The number of rotatable bonds is 1. The number of nitrogens with zero attached hydrogens (tertiary/aromatic N) is 1. The van der Waals surface area contributed by atoms with Crippen LogP contribution in [0.5, 0.6) is 0 Å². The van der Waals surface area contributed by atoms with Crippen LogP contribution in [0.25, 0.3) is 0 Å². The molecule has 0 aromatic rings. The molecule has 0 atom stereocenters. The Morgan fingerprint density at radius 2 is 2.30 bits per heavy atom. The van der Waals surface area contributed by atoms with Crippen molar-refractivity contribution in [3.05, 3.63) is 0 Å². The van der Waals surface area contributed by atoms with Crippen LogP contribution in [-0.4, -0.2) is 16.6 Å². The molecule has 0 unspecified atom stereocenters. The van der Waals surface area contributed by atoms with Gasteiger partial charge in [-0.2, -0.15) is 5.26 Å². The minimum Gasteiger partial charge on any atom is -0.372 e. The normalized spacial score (nSPS) is 50.0. The van der Waals surface area contributed by atoms with Crippen LogP contribution in [0.15, 0.2) is 0 Å². The zero-order valence-electron chi connectivity index (χ0n) is 5.56. The van der Waals surface area contributed by atoms with Gasteiger partial charge in [0, 0.05) is 4.43 Å². The van der Waals surface area contributed by atoms with E-state index in [2.05, 4.69) is 28.7 Å². The molecule has 0 radical (unpaired) electrons. The second kappa shape index (κ2) is 1.86. The van der Waals surface area contributed by atoms with Gasteiger partial charge in [0.2, 0.25) is 0 Å². The molecule has 0 aromatic carbocycles. The fourth-order valence-corrected chi connectivity index (χ4v) is 2.68. The maximum Gasteiger partial charge on any atom is 0.0862 e. The first kappa shape index (κ1) is 6.86. The number of ether oxygens (including phenoxy) is 1. The summed E-state index contributed by atoms with van der Waals surface area (Å²) in [6, 6.07) is 2.34. The van der Waals surface area contributed by atoms with Crippen molar-refractivity contribution in [2.75, 3.05) is 11.0 Å². The van der Waals surface area contributed by atoms with E-state index in [9.17, 15) is 0 Å². The zero-order chi connectivity index (χ0) is 7.24. The molecule has 0 aromatic heterocycles. The maximum atomic E-state index is 8.74. The predicted octanol–water partition coefficient (Wildman–Crippen LogP) is 1.49. The van der Waals surface area contributed by atoms with Crippen molar-refractivity contribution in [2.45, 2.75) is 18.4 Å². The third kappa shape index (κ3) is 0.665. The van der Waals surface area contributed by atoms with Crippen LogP contribution in [0.3, 0.4) is 0 Å². The lowest BCUT2D eigenvalue weighted by Gasteiger charge is -2.38. The molecule has 2 aliphatic heterocycles. The van der Waals surface area contributed by atoms with E-state index >= 15 is 0 Å². The molecule has 2 nitrogen and oxygen atoms in total. The lowest BCUT2D eigenvalue weighted by Crippen LogP contribution is -2.44. The molecule has 2 bridgehead atoms. The number of halogens is 1. The molecule has 3 fully saturated rings. The summed E-state index contributed by atoms with van der Waals surface area (Å²) >= 11 is 2.33. The highest BCUT2D eigenvalue weighted by Crippen LogP contribution is 2.57. The summed E-state index contributed by atoms with van der Waals surface area (Å²) in [4.78, 5) is 0. The molecule has 1 aliphatic carbocycles. The minimum absolute atomic E-state index is 0.0782. The summed E-state index contributed by atoms with van der Waals surface area (Å²) in [7, 11) is 0. The van der Waals surface area contributed by atoms with Crippen LogP contribution in [-0.2, 0) is 4.74 Å². The zero-order valence-corrected chi connectivity index (χ0v) is 7.72. The number of alkyl halides is 1. The van der Waals surface area contributed by atoms with Crippen molar-refractivity contribution in [2.24, 2.45) is 5.41 Å². The average molecular weight is 249 g/mol. The van der Waals surface area contributed by atoms with Gasteiger partial charge >= 0.3 is 0 Å². The quantitative estimate of drug-likeness (QED) is 0.521. The van der Waals surface area contributed by atoms with Crippen molar-refractivity contribution in [3.63, 3.8) is 0 Å². The van der Waals surface area contributed by atoms with E-state index in [-0.39, 0.29) is 11.0 Å². The molecule has 3 heteroatoms. The Balaban J connectivity index is 2.15. The fourth-order valence-electron chi connectivity index (χ4n) is 1.92. The fraction of sp³-hybridized carbons (Fsp3) is 0.857. The molecular weight excluding hydrogens is 241 g/mol. The summed E-state index contributed by atoms with van der Waals surface area (Å²) in [5, 5.41) is 8.74. The van der Waals surface area contributed by atoms with Gasteiger partial charge < -0.3 is 4.74 Å². The van der Waals surface area contributed by atoms with Gasteiger partial charge in [-0.05, 0) is 12.8 Å². The van der Waals surface area contributed by atoms with E-state index in [0.29, 0.717) is 6.61 Å². The molecule has 10 heavy (non-hydrogen) atoms. The Hall–Kier alpha value is 0.180. The Morgan fingerprint density at radius 3 is 2.60 bits per heavy atom. The summed E-state index contributed by atoms with van der Waals surface area (Å²) in [6.45, 7) is 0.673. The van der Waals surface area contributed by atoms with Gasteiger partial charge in [0.1, 0.15) is 0 Å². The van der Waals surface area contributed by atoms with E-state index in [1.54, 1.807) is 0 Å². The van der Waals surface area contributed by atoms with Gasteiger partial charge in [0.15, 0.2) is 0 Å². The highest BCUT2D eigenvalue weighted by atomic mass is 127. The monoisotopic (exact) mass is 249 g/mol. The highest BCUT2D eigenvalue weighted by Gasteiger charge is 2.62. The number of hydrogen-bond donors (Lipinski definition) is 0. The van der Waals surface area contributed by atoms with Crippen molar-refractivity contribution in [3.8, 4) is 6.07 Å². The highest BCUT2D eigenvalue weighted by molar-refractivity contribution is 14.1. The first-order chi connectivity index (χ1) is 4.74. The van der Waals surface area contributed by atoms with Gasteiger partial charge in [-0.1, -0.05) is 22.6 Å². The lowest BCUT2D eigenvalue weighted by atomic mass is 9.64. The van der Waals surface area contributed by atoms with Gasteiger partial charge in [-0.3, -0.25) is 0 Å². The van der Waals surface area contributed by atoms with E-state index in [1.165, 1.54) is 0 Å². The van der Waals surface area contributed by atoms with Gasteiger partial charge in [-0.15, -0.1) is 0 Å². The molecule has 3 rings (SSSR count). The number of nitriles is 1. The first-order valence-electron chi connectivity index (χ1n) is 3.35. The third-order valence-corrected chi connectivity index (χ3v) is 3.85. The molecule has 54 valence electrons. The minimum atomic E-state index is -0.0782. The van der Waals surface area contributed by atoms with E-state index in [4.69, 9.17) is 10.00 Å². The molecule has 2 saturated heterocycles. The number of hydrogen-bond acceptors (Lipinski definition) is 2. The Kier molecular flexibility index (Phi) is 1.28. The second-order valence-corrected chi connectivity index (χ2v) is 4.11. The SMILES string of the molecule is N#CC12COC(CI)(C1)C2. The summed E-state index contributed by atoms with van der Waals surface area (Å²) in [6.07, 6.45) is 1.94. The average Bonchev–Trinajstić information content (AvgIpc) is 2.40. The summed E-state index contributed by atoms with van der Waals surface area (Å²) < 4.78 is 6.56. The van der Waals surface area contributed by atoms with Crippen molar-refractivity contribution in [1.29, 1.82) is 5.26 Å². The van der Waals surface area contributed by atoms with Crippen LogP contribution in [0.4, 0.5) is 0 Å². The van der Waals surface area contributed by atoms with Gasteiger partial charge in [-0.25, -0.2) is 0 Å². The predicted molar refractivity (Wildman–Crippen MR) is 44.9 cm³/mol. The molecule has 2 heterocycles. The summed E-state index contributed by atoms with van der Waals surface area (Å²) in [5.41, 5.74) is 0.0292. The first-order valence-corrected chi connectivity index (χ1v) is 4.88. The van der Waals surface area contributed by atoms with Crippen LogP contribution >= 0.6 is 22.6 Å². The van der Waals surface area contributed by atoms with Crippen LogP contribution < -0.4 is 0 Å². The van der Waals surface area contributed by atoms with Crippen molar-refractivity contribution in [1.82, 2.24) is 0 Å². The van der Waals surface area contributed by atoms with E-state index < -0.39 is 0 Å². The largest absolute Gasteiger partial charge is 0.372 e. The van der Waals surface area contributed by atoms with Crippen LogP contribution in [0, 0.1) is 16.7 Å². The van der Waals surface area contributed by atoms with Crippen LogP contribution in [0.1, 0.15) is 12.8 Å². The molecular formula is C7H8INO. The third-order valence-electron chi connectivity index (χ3n) is 2.46. The lowest BCUT2D eigenvalue weighted by molar-refractivity contribution is 0.0204. The standard InChI is InChI=1S/C7H8INO/c8-3-7-1-6(2-7,4-9)5-10-7/h1-3,5H2. The van der Waals surface area contributed by atoms with Gasteiger partial charge in [0.05, 0.1) is 23.7 Å². The smallest absolute Gasteiger partial charge is 0.0862 e. The van der Waals surface area contributed by atoms with Gasteiger partial charge in [0.25, 0.3) is 0 Å². The second-order valence-electron chi connectivity index (χ2n) is 3.35. The van der Waals surface area contributed by atoms with Crippen molar-refractivity contribution < 1.29 is 4.74 Å². The maximum absolute atomic E-state index is 8.74. The molecule has 1 saturated carbocycles. The molecule has 0 N–H and O–H groups in total. The van der Waals surface area contributed by atoms with Crippen molar-refractivity contribution >= 4 is 22.6 Å². The van der Waals surface area contributed by atoms with E-state index in [1.807, 2.05) is 0 Å². The molecule has 0 amide bonds. The number of fused-ring (bicyclic) bond motifs is 1. The Labute approximate surface area is 73.7 Å². The van der Waals surface area contributed by atoms with E-state index in [0.717, 1.165) is 17.3 Å². The Bertz CT molecular complexity index is 202.